The van der Waals surface area contributed by atoms with Crippen LogP contribution < -0.4 is 32.6 Å². The first-order chi connectivity index (χ1) is 34.1. The standard InChI is InChI=1S/C52H60FN7O12/c1-6-52(70)35-20-40-46-33(25-60(40)49(68)34(35)26-71-50(52)69)45-37(14-13-32-27(2)36(53)21-39(58-46)44(32)45)59-48(67)38(15-17-43(65)72-51(3,4)5)57-41(63)16-12-30(61)23-56-47(66)29(18-28-10-8-7-9-11-28)19-31(62)24-55-42(64)22-54/h7-11,20-21,29,37-38,70H,6,12-19,22-26,54H2,1-5H3,(H,55,64)(H,56,66)(H,57,63)(H,59,67)/t29-,37+,38+,52+/m1/s1. The third-order valence-corrected chi connectivity index (χ3v) is 13.3. The molecule has 2 aromatic heterocycles. The number of hydrogen-bond acceptors (Lipinski definition) is 14. The van der Waals surface area contributed by atoms with Crippen LogP contribution in [0.2, 0.25) is 0 Å². The summed E-state index contributed by atoms with van der Waals surface area (Å²) in [6.07, 6.45) is -0.730. The number of amides is 4. The van der Waals surface area contributed by atoms with E-state index in [1.165, 1.54) is 10.6 Å². The quantitative estimate of drug-likeness (QED) is 0.0612. The lowest BCUT2D eigenvalue weighted by molar-refractivity contribution is -0.172. The van der Waals surface area contributed by atoms with Crippen LogP contribution in [0.15, 0.2) is 47.3 Å². The zero-order chi connectivity index (χ0) is 52.2. The van der Waals surface area contributed by atoms with Gasteiger partial charge in [-0.1, -0.05) is 37.3 Å². The number of fused-ring (bicyclic) bond motifs is 5. The molecule has 0 bridgehead atoms. The van der Waals surface area contributed by atoms with Crippen LogP contribution in [0.25, 0.3) is 22.3 Å². The minimum atomic E-state index is -2.09. The molecule has 4 heterocycles. The number of Topliss-reactive ketones (excluding diaryl/α,β-unsaturated/α-hetero) is 2. The summed E-state index contributed by atoms with van der Waals surface area (Å²) in [5.41, 5.74) is 5.89. The highest BCUT2D eigenvalue weighted by atomic mass is 19.1. The number of benzene rings is 2. The summed E-state index contributed by atoms with van der Waals surface area (Å²) in [5, 5.41) is 22.7. The number of carbonyl (C=O) groups is 8. The second-order valence-corrected chi connectivity index (χ2v) is 19.5. The highest BCUT2D eigenvalue weighted by Gasteiger charge is 2.46. The lowest BCUT2D eigenvalue weighted by atomic mass is 9.81. The molecule has 0 unspecified atom stereocenters. The average molecular weight is 994 g/mol. The van der Waals surface area contributed by atoms with Gasteiger partial charge in [0, 0.05) is 54.2 Å². The number of ketones is 2. The van der Waals surface area contributed by atoms with E-state index in [2.05, 4.69) is 21.3 Å². The van der Waals surface area contributed by atoms with Gasteiger partial charge in [0.15, 0.2) is 17.2 Å². The first-order valence-corrected chi connectivity index (χ1v) is 24.1. The van der Waals surface area contributed by atoms with Gasteiger partial charge in [0.1, 0.15) is 24.1 Å². The number of cyclic esters (lactones) is 1. The Bertz CT molecular complexity index is 2930. The summed E-state index contributed by atoms with van der Waals surface area (Å²) in [4.78, 5) is 124. The highest BCUT2D eigenvalue weighted by Crippen LogP contribution is 2.46. The Morgan fingerprint density at radius 1 is 0.958 bits per heavy atom. The maximum Gasteiger partial charge on any atom is 0.343 e. The molecule has 0 fully saturated rings. The van der Waals surface area contributed by atoms with Gasteiger partial charge in [-0.3, -0.25) is 38.4 Å². The van der Waals surface area contributed by atoms with E-state index in [-0.39, 0.29) is 93.5 Å². The zero-order valence-corrected chi connectivity index (χ0v) is 41.0. The molecule has 72 heavy (non-hydrogen) atoms. The smallest absolute Gasteiger partial charge is 0.343 e. The van der Waals surface area contributed by atoms with Gasteiger partial charge in [0.25, 0.3) is 5.56 Å². The van der Waals surface area contributed by atoms with Crippen molar-refractivity contribution < 1.29 is 57.3 Å². The molecular formula is C52H60FN7O12. The van der Waals surface area contributed by atoms with E-state index in [4.69, 9.17) is 20.2 Å². The number of pyridine rings is 2. The summed E-state index contributed by atoms with van der Waals surface area (Å²) < 4.78 is 27.7. The van der Waals surface area contributed by atoms with Crippen molar-refractivity contribution in [1.82, 2.24) is 30.8 Å². The number of hydrogen-bond donors (Lipinski definition) is 6. The third-order valence-electron chi connectivity index (χ3n) is 13.3. The van der Waals surface area contributed by atoms with E-state index < -0.39 is 101 Å². The molecule has 0 saturated heterocycles. The van der Waals surface area contributed by atoms with Gasteiger partial charge in [0.2, 0.25) is 23.6 Å². The fraction of sp³-hybridized carbons (Fsp3) is 0.462. The lowest BCUT2D eigenvalue weighted by Crippen LogP contribution is -2.48. The van der Waals surface area contributed by atoms with E-state index in [1.54, 1.807) is 71.0 Å². The van der Waals surface area contributed by atoms with Crippen molar-refractivity contribution in [3.8, 4) is 11.4 Å². The van der Waals surface area contributed by atoms with E-state index in [0.29, 0.717) is 39.8 Å². The summed E-state index contributed by atoms with van der Waals surface area (Å²) in [6.45, 7) is 6.85. The number of halogens is 1. The van der Waals surface area contributed by atoms with Gasteiger partial charge in [-0.25, -0.2) is 14.2 Å². The summed E-state index contributed by atoms with van der Waals surface area (Å²) >= 11 is 0. The Kier molecular flexibility index (Phi) is 15.8. The molecule has 19 nitrogen and oxygen atoms in total. The van der Waals surface area contributed by atoms with Gasteiger partial charge in [-0.2, -0.15) is 0 Å². The molecule has 0 spiro atoms. The maximum atomic E-state index is 15.6. The minimum Gasteiger partial charge on any atom is -0.460 e. The molecule has 4 atom stereocenters. The molecular weight excluding hydrogens is 934 g/mol. The number of rotatable bonds is 20. The number of nitrogens with one attached hydrogen (secondary N) is 4. The molecule has 20 heteroatoms. The number of nitrogens with two attached hydrogens (primary N) is 1. The molecule has 7 rings (SSSR count). The second kappa shape index (κ2) is 21.7. The van der Waals surface area contributed by atoms with Crippen molar-refractivity contribution in [2.75, 3.05) is 19.6 Å². The summed E-state index contributed by atoms with van der Waals surface area (Å²) in [6, 6.07) is 9.68. The molecule has 2 aliphatic heterocycles. The predicted octanol–water partition coefficient (Wildman–Crippen LogP) is 2.60. The van der Waals surface area contributed by atoms with Gasteiger partial charge in [0.05, 0.1) is 54.7 Å². The summed E-state index contributed by atoms with van der Waals surface area (Å²) in [5.74, 6) is -6.32. The Morgan fingerprint density at radius 2 is 1.68 bits per heavy atom. The maximum absolute atomic E-state index is 15.6. The SMILES string of the molecule is CC[C@@]1(O)C(=O)OCc2c1cc1n(c2=O)Cc2c-1nc1cc(F)c(C)c3c1c2[C@@H](NC(=O)[C@H](CCC(=O)OC(C)(C)C)NC(=O)CCC(=O)CNC(=O)[C@@H](CC(=O)CNC(=O)CN)Cc1ccccc1)CC3. The number of ether oxygens (including phenoxy) is 2. The molecule has 2 aromatic carbocycles. The monoisotopic (exact) mass is 993 g/mol. The number of esters is 2. The first-order valence-electron chi connectivity index (χ1n) is 24.1. The topological polar surface area (TPSA) is 284 Å². The van der Waals surface area contributed by atoms with Gasteiger partial charge >= 0.3 is 11.9 Å². The molecule has 1 aliphatic carbocycles. The normalized spacial score (nSPS) is 17.3. The van der Waals surface area contributed by atoms with Crippen LogP contribution in [0.5, 0.6) is 0 Å². The van der Waals surface area contributed by atoms with E-state index in [9.17, 15) is 48.3 Å². The Morgan fingerprint density at radius 3 is 2.38 bits per heavy atom. The van der Waals surface area contributed by atoms with Crippen molar-refractivity contribution in [1.29, 1.82) is 0 Å². The first kappa shape index (κ1) is 52.6. The molecule has 4 aromatic rings. The highest BCUT2D eigenvalue weighted by molar-refractivity contribution is 5.96. The fourth-order valence-corrected chi connectivity index (χ4v) is 9.61. The predicted molar refractivity (Wildman–Crippen MR) is 258 cm³/mol. The van der Waals surface area contributed by atoms with Crippen LogP contribution in [0.3, 0.4) is 0 Å². The van der Waals surface area contributed by atoms with Gasteiger partial charge in [-0.05, 0) is 88.1 Å². The number of aromatic nitrogens is 2. The largest absolute Gasteiger partial charge is 0.460 e. The van der Waals surface area contributed by atoms with Crippen molar-refractivity contribution in [2.24, 2.45) is 11.7 Å². The number of aryl methyl sites for hydroxylation is 1. The number of carbonyl (C=O) groups excluding carboxylic acids is 8. The third kappa shape index (κ3) is 11.4. The van der Waals surface area contributed by atoms with Crippen molar-refractivity contribution in [3.05, 3.63) is 97.6 Å². The van der Waals surface area contributed by atoms with Crippen LogP contribution in [-0.2, 0) is 79.4 Å². The van der Waals surface area contributed by atoms with Crippen LogP contribution in [0, 0.1) is 18.7 Å². The van der Waals surface area contributed by atoms with Crippen molar-refractivity contribution in [3.63, 3.8) is 0 Å². The minimum absolute atomic E-state index is 0.0102. The van der Waals surface area contributed by atoms with Crippen LogP contribution in [0.4, 0.5) is 4.39 Å². The zero-order valence-electron chi connectivity index (χ0n) is 41.0. The Balaban J connectivity index is 1.09. The molecule has 382 valence electrons. The average Bonchev–Trinajstić information content (AvgIpc) is 3.71. The van der Waals surface area contributed by atoms with Gasteiger partial charge < -0.3 is 46.1 Å². The summed E-state index contributed by atoms with van der Waals surface area (Å²) in [7, 11) is 0. The number of aliphatic hydroxyl groups is 1. The Hall–Kier alpha value is -7.19. The molecule has 0 saturated carbocycles. The number of nitrogens with zero attached hydrogens (tertiary/aromatic N) is 2. The van der Waals surface area contributed by atoms with E-state index in [1.807, 2.05) is 0 Å². The molecule has 4 amide bonds. The molecule has 0 radical (unpaired) electrons. The van der Waals surface area contributed by atoms with Crippen LogP contribution in [-0.4, -0.2) is 93.1 Å². The van der Waals surface area contributed by atoms with Crippen molar-refractivity contribution >= 4 is 58.0 Å². The lowest BCUT2D eigenvalue weighted by Gasteiger charge is -2.31. The Labute approximate surface area is 414 Å². The molecule has 7 N–H and O–H groups in total. The fourth-order valence-electron chi connectivity index (χ4n) is 9.61. The van der Waals surface area contributed by atoms with Crippen LogP contribution >= 0.6 is 0 Å². The van der Waals surface area contributed by atoms with Crippen molar-refractivity contribution in [2.45, 2.75) is 129 Å². The van der Waals surface area contributed by atoms with Crippen LogP contribution in [0.1, 0.15) is 118 Å². The van der Waals surface area contributed by atoms with Gasteiger partial charge in [-0.15, -0.1) is 0 Å². The molecule has 3 aliphatic rings. The second-order valence-electron chi connectivity index (χ2n) is 19.5. The van der Waals surface area contributed by atoms with E-state index in [0.717, 1.165) is 5.56 Å². The van der Waals surface area contributed by atoms with E-state index >= 15 is 4.39 Å².